The highest BCUT2D eigenvalue weighted by Gasteiger charge is 1.99. The zero-order valence-corrected chi connectivity index (χ0v) is 16.4. The lowest BCUT2D eigenvalue weighted by Gasteiger charge is -1.96. The van der Waals surface area contributed by atoms with Gasteiger partial charge in [0.15, 0.2) is 0 Å². The summed E-state index contributed by atoms with van der Waals surface area (Å²) in [5.41, 5.74) is 6.94. The summed E-state index contributed by atoms with van der Waals surface area (Å²) in [5, 5.41) is 4.24. The smallest absolute Gasteiger partial charge is 0.249 e. The Bertz CT molecular complexity index is 661. The number of hydrogen-bond acceptors (Lipinski definition) is 4. The van der Waals surface area contributed by atoms with Crippen molar-refractivity contribution in [2.45, 2.75) is 34.1 Å². The zero-order valence-electron chi connectivity index (χ0n) is 16.4. The van der Waals surface area contributed by atoms with Gasteiger partial charge in [-0.3, -0.25) is 4.79 Å². The zero-order chi connectivity index (χ0) is 20.4. The first kappa shape index (κ1) is 25.5. The second-order valence-corrected chi connectivity index (χ2v) is 4.48. The molecule has 1 amide bonds. The van der Waals surface area contributed by atoms with E-state index < -0.39 is 0 Å². The maximum absolute atomic E-state index is 10.6. The molecule has 2 rings (SSSR count). The predicted octanol–water partition coefficient (Wildman–Crippen LogP) is 3.99. The number of ether oxygens (including phenoxy) is 1. The van der Waals surface area contributed by atoms with E-state index in [1.54, 1.807) is 0 Å². The number of nitrogens with one attached hydrogen (secondary N) is 1. The van der Waals surface area contributed by atoms with Crippen LogP contribution in [-0.2, 0) is 9.53 Å². The Balaban J connectivity index is 0. The van der Waals surface area contributed by atoms with Gasteiger partial charge in [-0.1, -0.05) is 13.8 Å². The van der Waals surface area contributed by atoms with E-state index in [-0.39, 0.29) is 5.91 Å². The van der Waals surface area contributed by atoms with Crippen LogP contribution >= 0.6 is 0 Å². The Morgan fingerprint density at radius 1 is 1.35 bits per heavy atom. The Labute approximate surface area is 156 Å². The van der Waals surface area contributed by atoms with Gasteiger partial charge in [-0.05, 0) is 38.1 Å². The maximum atomic E-state index is 10.6. The van der Waals surface area contributed by atoms with Crippen molar-refractivity contribution in [2.24, 2.45) is 10.7 Å². The van der Waals surface area contributed by atoms with Crippen LogP contribution in [0.4, 0.5) is 5.69 Å². The molecule has 0 spiro atoms. The van der Waals surface area contributed by atoms with Crippen molar-refractivity contribution < 1.29 is 13.9 Å². The third kappa shape index (κ3) is 10.9. The molecule has 6 heteroatoms. The number of terminal acetylenes is 1. The molecule has 3 N–H and O–H groups in total. The van der Waals surface area contributed by atoms with Gasteiger partial charge in [0.25, 0.3) is 0 Å². The van der Waals surface area contributed by atoms with Gasteiger partial charge >= 0.3 is 0 Å². The highest BCUT2D eigenvalue weighted by molar-refractivity contribution is 5.83. The average molecular weight is 361 g/mol. The molecule has 6 nitrogen and oxygen atoms in total. The molecule has 0 aliphatic carbocycles. The fourth-order valence-corrected chi connectivity index (χ4v) is 1.78. The molecule has 1 heterocycles. The SMILES string of the molecule is C#C.CC.CCOCCC(=O)N=CN.CNc1ccc2oc(C)cc2c1. The van der Waals surface area contributed by atoms with Crippen LogP contribution in [-0.4, -0.2) is 32.5 Å². The standard InChI is InChI=1S/C10H11NO.C6H12N2O2.C2H6.C2H2/c1-7-5-8-6-9(11-2)3-4-10(8)12-7;1-2-10-4-3-6(9)8-5-7;2*1-2/h3-6,11H,1-2H3;5H,2-4H2,1H3,(H2,7,8,9);1-2H3;1-2H. The van der Waals surface area contributed by atoms with Gasteiger partial charge in [0, 0.05) is 24.7 Å². The number of furan rings is 1. The van der Waals surface area contributed by atoms with Gasteiger partial charge in [0.05, 0.1) is 19.4 Å². The number of nitrogens with two attached hydrogens (primary N) is 1. The van der Waals surface area contributed by atoms with E-state index in [1.165, 1.54) is 0 Å². The highest BCUT2D eigenvalue weighted by Crippen LogP contribution is 2.21. The molecule has 0 unspecified atom stereocenters. The third-order valence-electron chi connectivity index (χ3n) is 2.81. The lowest BCUT2D eigenvalue weighted by Crippen LogP contribution is -2.03. The summed E-state index contributed by atoms with van der Waals surface area (Å²) in [5.74, 6) is 0.717. The van der Waals surface area contributed by atoms with Gasteiger partial charge in [-0.2, -0.15) is 0 Å². The maximum Gasteiger partial charge on any atom is 0.249 e. The Hall–Kier alpha value is -2.78. The minimum atomic E-state index is -0.240. The van der Waals surface area contributed by atoms with Gasteiger partial charge in [-0.15, -0.1) is 12.8 Å². The van der Waals surface area contributed by atoms with Crippen molar-refractivity contribution in [3.63, 3.8) is 0 Å². The number of hydrogen-bond donors (Lipinski definition) is 2. The van der Waals surface area contributed by atoms with Crippen molar-refractivity contribution >= 4 is 28.9 Å². The van der Waals surface area contributed by atoms with Gasteiger partial charge < -0.3 is 20.2 Å². The summed E-state index contributed by atoms with van der Waals surface area (Å²) in [6.07, 6.45) is 9.30. The van der Waals surface area contributed by atoms with Crippen LogP contribution in [0, 0.1) is 19.8 Å². The molecule has 0 radical (unpaired) electrons. The summed E-state index contributed by atoms with van der Waals surface area (Å²) in [4.78, 5) is 13.9. The number of aryl methyl sites for hydroxylation is 1. The molecule has 1 aromatic heterocycles. The number of anilines is 1. The quantitative estimate of drug-likeness (QED) is 0.364. The van der Waals surface area contributed by atoms with Crippen LogP contribution in [0.15, 0.2) is 33.7 Å². The number of aliphatic imine (C=N–C) groups is 1. The van der Waals surface area contributed by atoms with E-state index in [0.717, 1.165) is 28.8 Å². The molecule has 0 aliphatic heterocycles. The average Bonchev–Trinajstić information content (AvgIpc) is 3.05. The van der Waals surface area contributed by atoms with E-state index in [9.17, 15) is 4.79 Å². The molecule has 144 valence electrons. The molecule has 0 aliphatic rings. The largest absolute Gasteiger partial charge is 0.461 e. The number of rotatable bonds is 5. The van der Waals surface area contributed by atoms with Crippen molar-refractivity contribution in [1.82, 2.24) is 0 Å². The summed E-state index contributed by atoms with van der Waals surface area (Å²) in [6.45, 7) is 8.88. The second kappa shape index (κ2) is 17.1. The lowest BCUT2D eigenvalue weighted by molar-refractivity contribution is -0.118. The number of carbonyl (C=O) groups is 1. The molecule has 0 bridgehead atoms. The van der Waals surface area contributed by atoms with Crippen LogP contribution in [0.3, 0.4) is 0 Å². The number of benzene rings is 1. The van der Waals surface area contributed by atoms with Crippen LogP contribution in [0.25, 0.3) is 11.0 Å². The van der Waals surface area contributed by atoms with Gasteiger partial charge in [0.2, 0.25) is 5.91 Å². The van der Waals surface area contributed by atoms with E-state index in [4.69, 9.17) is 14.9 Å². The predicted molar refractivity (Wildman–Crippen MR) is 111 cm³/mol. The molecule has 0 saturated carbocycles. The summed E-state index contributed by atoms with van der Waals surface area (Å²) in [7, 11) is 1.91. The van der Waals surface area contributed by atoms with E-state index in [2.05, 4.69) is 29.2 Å². The van der Waals surface area contributed by atoms with Crippen LogP contribution < -0.4 is 11.1 Å². The summed E-state index contributed by atoms with van der Waals surface area (Å²) in [6, 6.07) is 8.10. The Kier molecular flexibility index (Phi) is 16.7. The van der Waals surface area contributed by atoms with E-state index in [0.29, 0.717) is 19.6 Å². The molecule has 1 aromatic carbocycles. The summed E-state index contributed by atoms with van der Waals surface area (Å²) >= 11 is 0. The molecule has 0 fully saturated rings. The molecule has 26 heavy (non-hydrogen) atoms. The first-order valence-corrected chi connectivity index (χ1v) is 8.46. The number of amides is 1. The van der Waals surface area contributed by atoms with Gasteiger partial charge in [-0.25, -0.2) is 4.99 Å². The molecule has 2 aromatic rings. The first-order chi connectivity index (χ1) is 12.6. The van der Waals surface area contributed by atoms with Crippen molar-refractivity contribution in [3.8, 4) is 12.8 Å². The fraction of sp³-hybridized carbons (Fsp3) is 0.400. The highest BCUT2D eigenvalue weighted by atomic mass is 16.5. The Morgan fingerprint density at radius 2 is 2.00 bits per heavy atom. The first-order valence-electron chi connectivity index (χ1n) is 8.46. The minimum absolute atomic E-state index is 0.240. The third-order valence-corrected chi connectivity index (χ3v) is 2.81. The molecular formula is C20H31N3O3. The van der Waals surface area contributed by atoms with Crippen molar-refractivity contribution in [2.75, 3.05) is 25.6 Å². The minimum Gasteiger partial charge on any atom is -0.461 e. The van der Waals surface area contributed by atoms with E-state index >= 15 is 0 Å². The van der Waals surface area contributed by atoms with Crippen LogP contribution in [0.1, 0.15) is 33.0 Å². The lowest BCUT2D eigenvalue weighted by atomic mass is 10.2. The van der Waals surface area contributed by atoms with Crippen molar-refractivity contribution in [3.05, 3.63) is 30.0 Å². The fourth-order valence-electron chi connectivity index (χ4n) is 1.78. The monoisotopic (exact) mass is 361 g/mol. The normalized spacial score (nSPS) is 9.19. The van der Waals surface area contributed by atoms with Crippen LogP contribution in [0.2, 0.25) is 0 Å². The summed E-state index contributed by atoms with van der Waals surface area (Å²) < 4.78 is 10.4. The Morgan fingerprint density at radius 3 is 2.54 bits per heavy atom. The van der Waals surface area contributed by atoms with E-state index in [1.807, 2.05) is 52.9 Å². The number of carbonyl (C=O) groups excluding carboxylic acids is 1. The topological polar surface area (TPSA) is 89.8 Å². The molecule has 0 saturated heterocycles. The second-order valence-electron chi connectivity index (χ2n) is 4.48. The molecule has 0 atom stereocenters. The molecular weight excluding hydrogens is 330 g/mol. The van der Waals surface area contributed by atoms with Crippen molar-refractivity contribution in [1.29, 1.82) is 0 Å². The number of nitrogens with zero attached hydrogens (tertiary/aromatic N) is 1. The number of fused-ring (bicyclic) bond motifs is 1. The van der Waals surface area contributed by atoms with Gasteiger partial charge in [0.1, 0.15) is 11.3 Å². The van der Waals surface area contributed by atoms with Crippen LogP contribution in [0.5, 0.6) is 0 Å².